The van der Waals surface area contributed by atoms with Gasteiger partial charge in [-0.15, -0.1) is 0 Å². The second-order valence-electron chi connectivity index (χ2n) is 5.14. The highest BCUT2D eigenvalue weighted by Crippen LogP contribution is 2.22. The van der Waals surface area contributed by atoms with Gasteiger partial charge in [-0.25, -0.2) is 0 Å². The van der Waals surface area contributed by atoms with Gasteiger partial charge in [-0.1, -0.05) is 49.6 Å². The van der Waals surface area contributed by atoms with Gasteiger partial charge in [-0.3, -0.25) is 4.79 Å². The molecule has 0 saturated heterocycles. The molecule has 1 fully saturated rings. The topological polar surface area (TPSA) is 55.1 Å². The second-order valence-corrected chi connectivity index (χ2v) is 5.14. The highest BCUT2D eigenvalue weighted by molar-refractivity contribution is 5.82. The van der Waals surface area contributed by atoms with Crippen molar-refractivity contribution in [1.29, 1.82) is 0 Å². The van der Waals surface area contributed by atoms with Crippen LogP contribution in [-0.4, -0.2) is 12.5 Å². The summed E-state index contributed by atoms with van der Waals surface area (Å²) in [4.78, 5) is 12.0. The highest BCUT2D eigenvalue weighted by atomic mass is 16.2. The fourth-order valence-electron chi connectivity index (χ4n) is 2.56. The van der Waals surface area contributed by atoms with Crippen LogP contribution in [0.4, 0.5) is 0 Å². The second kappa shape index (κ2) is 6.55. The van der Waals surface area contributed by atoms with Crippen LogP contribution < -0.4 is 11.1 Å². The average Bonchev–Trinajstić information content (AvgIpc) is 2.46. The number of rotatable bonds is 4. The zero-order chi connectivity index (χ0) is 12.8. The molecule has 3 heteroatoms. The molecule has 0 heterocycles. The van der Waals surface area contributed by atoms with Gasteiger partial charge in [0.05, 0.1) is 0 Å². The fraction of sp³-hybridized carbons (Fsp3) is 0.533. The summed E-state index contributed by atoms with van der Waals surface area (Å²) in [5, 5.41) is 2.99. The minimum absolute atomic E-state index is 0.0632. The van der Waals surface area contributed by atoms with Crippen molar-refractivity contribution in [3.63, 3.8) is 0 Å². The van der Waals surface area contributed by atoms with Crippen molar-refractivity contribution in [2.24, 2.45) is 11.7 Å². The van der Waals surface area contributed by atoms with E-state index in [1.807, 2.05) is 30.3 Å². The number of hydrogen-bond acceptors (Lipinski definition) is 2. The van der Waals surface area contributed by atoms with Gasteiger partial charge in [0.1, 0.15) is 6.04 Å². The molecule has 1 aromatic rings. The van der Waals surface area contributed by atoms with E-state index in [1.54, 1.807) is 0 Å². The molecule has 3 N–H and O–H groups in total. The molecule has 1 saturated carbocycles. The zero-order valence-electron chi connectivity index (χ0n) is 10.8. The maximum absolute atomic E-state index is 12.0. The first-order chi connectivity index (χ1) is 8.77. The fourth-order valence-corrected chi connectivity index (χ4v) is 2.56. The Morgan fingerprint density at radius 2 is 1.89 bits per heavy atom. The normalized spacial score (nSPS) is 18.3. The number of nitrogens with two attached hydrogens (primary N) is 1. The van der Waals surface area contributed by atoms with Gasteiger partial charge in [0.25, 0.3) is 0 Å². The first-order valence-corrected chi connectivity index (χ1v) is 6.85. The molecular formula is C15H22N2O. The molecule has 0 radical (unpaired) electrons. The van der Waals surface area contributed by atoms with Crippen LogP contribution in [0.1, 0.15) is 43.7 Å². The van der Waals surface area contributed by atoms with Gasteiger partial charge < -0.3 is 11.1 Å². The maximum Gasteiger partial charge on any atom is 0.241 e. The zero-order valence-corrected chi connectivity index (χ0v) is 10.8. The van der Waals surface area contributed by atoms with Gasteiger partial charge in [0, 0.05) is 6.54 Å². The van der Waals surface area contributed by atoms with E-state index in [4.69, 9.17) is 5.73 Å². The number of carbonyl (C=O) groups is 1. The average molecular weight is 246 g/mol. The number of carbonyl (C=O) groups excluding carboxylic acids is 1. The lowest BCUT2D eigenvalue weighted by molar-refractivity contribution is -0.122. The van der Waals surface area contributed by atoms with E-state index < -0.39 is 6.04 Å². The van der Waals surface area contributed by atoms with Crippen molar-refractivity contribution in [3.05, 3.63) is 35.9 Å². The Labute approximate surface area is 109 Å². The summed E-state index contributed by atoms with van der Waals surface area (Å²) >= 11 is 0. The van der Waals surface area contributed by atoms with E-state index in [1.165, 1.54) is 32.1 Å². The molecule has 0 bridgehead atoms. The van der Waals surface area contributed by atoms with Crippen molar-refractivity contribution < 1.29 is 4.79 Å². The van der Waals surface area contributed by atoms with E-state index in [-0.39, 0.29) is 5.91 Å². The molecule has 98 valence electrons. The maximum atomic E-state index is 12.0. The standard InChI is InChI=1S/C15H22N2O/c16-14(13-9-5-2-6-10-13)15(18)17-11-12-7-3-1-4-8-12/h2,5-6,9-10,12,14H,1,3-4,7-8,11,16H2,(H,17,18)/t14-/m0/s1. The van der Waals surface area contributed by atoms with Crippen LogP contribution in [0.5, 0.6) is 0 Å². The number of nitrogens with one attached hydrogen (secondary N) is 1. The monoisotopic (exact) mass is 246 g/mol. The Bertz CT molecular complexity index is 371. The molecule has 0 unspecified atom stereocenters. The van der Waals surface area contributed by atoms with Gasteiger partial charge in [-0.2, -0.15) is 0 Å². The van der Waals surface area contributed by atoms with Gasteiger partial charge >= 0.3 is 0 Å². The third kappa shape index (κ3) is 3.57. The van der Waals surface area contributed by atoms with Crippen LogP contribution in [0, 0.1) is 5.92 Å². The molecule has 1 atom stereocenters. The Balaban J connectivity index is 1.80. The Hall–Kier alpha value is -1.35. The summed E-state index contributed by atoms with van der Waals surface area (Å²) in [6, 6.07) is 8.98. The summed E-state index contributed by atoms with van der Waals surface area (Å²) < 4.78 is 0. The Morgan fingerprint density at radius 1 is 1.22 bits per heavy atom. The van der Waals surface area contributed by atoms with Crippen LogP contribution in [0.2, 0.25) is 0 Å². The van der Waals surface area contributed by atoms with E-state index in [2.05, 4.69) is 5.32 Å². The number of hydrogen-bond donors (Lipinski definition) is 2. The summed E-state index contributed by atoms with van der Waals surface area (Å²) in [6.45, 7) is 0.777. The minimum atomic E-state index is -0.546. The molecule has 0 aliphatic heterocycles. The smallest absolute Gasteiger partial charge is 0.241 e. The van der Waals surface area contributed by atoms with Gasteiger partial charge in [-0.05, 0) is 24.3 Å². The third-order valence-corrected chi connectivity index (χ3v) is 3.73. The first-order valence-electron chi connectivity index (χ1n) is 6.85. The van der Waals surface area contributed by atoms with E-state index >= 15 is 0 Å². The van der Waals surface area contributed by atoms with Crippen molar-refractivity contribution in [2.75, 3.05) is 6.54 Å². The van der Waals surface area contributed by atoms with Crippen molar-refractivity contribution >= 4 is 5.91 Å². The van der Waals surface area contributed by atoms with Crippen molar-refractivity contribution in [3.8, 4) is 0 Å². The summed E-state index contributed by atoms with van der Waals surface area (Å²) in [6.07, 6.45) is 6.41. The molecular weight excluding hydrogens is 224 g/mol. The van der Waals surface area contributed by atoms with E-state index in [0.717, 1.165) is 12.1 Å². The minimum Gasteiger partial charge on any atom is -0.354 e. The number of amides is 1. The Morgan fingerprint density at radius 3 is 2.56 bits per heavy atom. The molecule has 0 aromatic heterocycles. The van der Waals surface area contributed by atoms with Crippen molar-refractivity contribution in [2.45, 2.75) is 38.1 Å². The van der Waals surface area contributed by atoms with Gasteiger partial charge in [0.2, 0.25) is 5.91 Å². The van der Waals surface area contributed by atoms with Crippen LogP contribution in [0.15, 0.2) is 30.3 Å². The lowest BCUT2D eigenvalue weighted by Gasteiger charge is -2.22. The van der Waals surface area contributed by atoms with Gasteiger partial charge in [0.15, 0.2) is 0 Å². The largest absolute Gasteiger partial charge is 0.354 e. The molecule has 1 amide bonds. The molecule has 18 heavy (non-hydrogen) atoms. The Kier molecular flexibility index (Phi) is 4.76. The predicted octanol–water partition coefficient (Wildman–Crippen LogP) is 2.38. The van der Waals surface area contributed by atoms with Crippen LogP contribution in [-0.2, 0) is 4.79 Å². The lowest BCUT2D eigenvalue weighted by atomic mass is 9.89. The molecule has 1 aliphatic rings. The van der Waals surface area contributed by atoms with Crippen molar-refractivity contribution in [1.82, 2.24) is 5.32 Å². The van der Waals surface area contributed by atoms with Crippen LogP contribution in [0.3, 0.4) is 0 Å². The van der Waals surface area contributed by atoms with Crippen LogP contribution in [0.25, 0.3) is 0 Å². The van der Waals surface area contributed by atoms with Crippen LogP contribution >= 0.6 is 0 Å². The summed E-state index contributed by atoms with van der Waals surface area (Å²) in [5.41, 5.74) is 6.82. The third-order valence-electron chi connectivity index (χ3n) is 3.73. The lowest BCUT2D eigenvalue weighted by Crippen LogP contribution is -2.37. The van der Waals surface area contributed by atoms with E-state index in [0.29, 0.717) is 5.92 Å². The summed E-state index contributed by atoms with van der Waals surface area (Å²) in [5.74, 6) is 0.581. The molecule has 1 aliphatic carbocycles. The summed E-state index contributed by atoms with van der Waals surface area (Å²) in [7, 11) is 0. The highest BCUT2D eigenvalue weighted by Gasteiger charge is 2.18. The molecule has 1 aromatic carbocycles. The van der Waals surface area contributed by atoms with E-state index in [9.17, 15) is 4.79 Å². The number of benzene rings is 1. The molecule has 0 spiro atoms. The molecule has 3 nitrogen and oxygen atoms in total. The SMILES string of the molecule is N[C@H](C(=O)NCC1CCCCC1)c1ccccc1. The first kappa shape index (κ1) is 13.1. The molecule has 2 rings (SSSR count). The quantitative estimate of drug-likeness (QED) is 0.857. The predicted molar refractivity (Wildman–Crippen MR) is 73.0 cm³/mol.